The Balaban J connectivity index is 1.45. The number of thiophene rings is 1. The molecule has 0 saturated heterocycles. The lowest BCUT2D eigenvalue weighted by Crippen LogP contribution is -2.17. The van der Waals surface area contributed by atoms with Crippen molar-refractivity contribution in [1.29, 1.82) is 0 Å². The van der Waals surface area contributed by atoms with Crippen molar-refractivity contribution in [3.63, 3.8) is 0 Å². The largest absolute Gasteiger partial charge is 0.422 e. The second kappa shape index (κ2) is 14.6. The normalized spacial score (nSPS) is 11.3. The average molecular weight is 513 g/mol. The van der Waals surface area contributed by atoms with Crippen LogP contribution >= 0.6 is 22.9 Å². The number of halogens is 1. The van der Waals surface area contributed by atoms with E-state index in [1.165, 1.54) is 62.5 Å². The molecule has 0 aliphatic heterocycles. The number of hydrazone groups is 1. The lowest BCUT2D eigenvalue weighted by molar-refractivity contribution is -0.121. The molecule has 2 aromatic carbocycles. The number of rotatable bonds is 14. The first-order chi connectivity index (χ1) is 17.1. The zero-order valence-corrected chi connectivity index (χ0v) is 21.8. The quantitative estimate of drug-likeness (QED) is 0.0778. The first kappa shape index (κ1) is 26.9. The lowest BCUT2D eigenvalue weighted by atomic mass is 10.1. The number of esters is 1. The molecule has 0 spiro atoms. The first-order valence-corrected chi connectivity index (χ1v) is 13.6. The molecule has 0 bridgehead atoms. The number of nitrogens with one attached hydrogen (secondary N) is 1. The number of hydrogen-bond donors (Lipinski definition) is 1. The van der Waals surface area contributed by atoms with E-state index in [1.807, 2.05) is 30.3 Å². The molecule has 0 unspecified atom stereocenters. The number of amides is 1. The van der Waals surface area contributed by atoms with Crippen LogP contribution in [0.4, 0.5) is 0 Å². The minimum Gasteiger partial charge on any atom is -0.422 e. The molecule has 35 heavy (non-hydrogen) atoms. The Morgan fingerprint density at radius 3 is 2.34 bits per heavy atom. The van der Waals surface area contributed by atoms with E-state index in [4.69, 9.17) is 16.3 Å². The third-order valence-corrected chi connectivity index (χ3v) is 7.40. The number of nitrogens with zero attached hydrogens (tertiary/aromatic N) is 1. The fraction of sp³-hybridized carbons (Fsp3) is 0.393. The molecule has 0 aliphatic carbocycles. The summed E-state index contributed by atoms with van der Waals surface area (Å²) in [5.74, 6) is -0.287. The van der Waals surface area contributed by atoms with Crippen molar-refractivity contribution in [2.75, 3.05) is 0 Å². The predicted molar refractivity (Wildman–Crippen MR) is 146 cm³/mol. The third kappa shape index (κ3) is 8.48. The van der Waals surface area contributed by atoms with Crippen molar-refractivity contribution >= 4 is 51.1 Å². The van der Waals surface area contributed by atoms with Gasteiger partial charge in [-0.2, -0.15) is 5.10 Å². The maximum Gasteiger partial charge on any atom is 0.355 e. The summed E-state index contributed by atoms with van der Waals surface area (Å²) in [6, 6.07) is 14.6. The molecule has 0 saturated carbocycles. The molecule has 186 valence electrons. The molecule has 0 fully saturated rings. The Kier molecular flexibility index (Phi) is 11.3. The highest BCUT2D eigenvalue weighted by atomic mass is 35.5. The van der Waals surface area contributed by atoms with E-state index in [-0.39, 0.29) is 5.91 Å². The fourth-order valence-electron chi connectivity index (χ4n) is 3.80. The van der Waals surface area contributed by atoms with Gasteiger partial charge in [0.05, 0.1) is 11.2 Å². The van der Waals surface area contributed by atoms with Gasteiger partial charge in [0.15, 0.2) is 0 Å². The number of carbonyl (C=O) groups excluding carboxylic acids is 2. The van der Waals surface area contributed by atoms with E-state index in [0.29, 0.717) is 27.6 Å². The van der Waals surface area contributed by atoms with Crippen molar-refractivity contribution in [2.45, 2.75) is 71.1 Å². The van der Waals surface area contributed by atoms with Gasteiger partial charge >= 0.3 is 5.97 Å². The van der Waals surface area contributed by atoms with Crippen molar-refractivity contribution in [2.24, 2.45) is 5.10 Å². The van der Waals surface area contributed by atoms with Crippen LogP contribution in [0.3, 0.4) is 0 Å². The van der Waals surface area contributed by atoms with E-state index in [2.05, 4.69) is 17.5 Å². The second-order valence-corrected chi connectivity index (χ2v) is 9.97. The van der Waals surface area contributed by atoms with Crippen LogP contribution in [0.2, 0.25) is 5.02 Å². The molecule has 1 amide bonds. The highest BCUT2D eigenvalue weighted by molar-refractivity contribution is 7.21. The summed E-state index contributed by atoms with van der Waals surface area (Å²) in [4.78, 5) is 25.2. The number of unbranched alkanes of at least 4 members (excludes halogenated alkanes) is 8. The van der Waals surface area contributed by atoms with Crippen molar-refractivity contribution < 1.29 is 14.3 Å². The van der Waals surface area contributed by atoms with Crippen LogP contribution in [0.25, 0.3) is 10.1 Å². The lowest BCUT2D eigenvalue weighted by Gasteiger charge is -2.06. The van der Waals surface area contributed by atoms with E-state index in [9.17, 15) is 9.59 Å². The summed E-state index contributed by atoms with van der Waals surface area (Å²) in [5.41, 5.74) is 3.15. The van der Waals surface area contributed by atoms with Crippen LogP contribution in [0.5, 0.6) is 5.75 Å². The number of carbonyl (C=O) groups is 2. The van der Waals surface area contributed by atoms with Gasteiger partial charge in [-0.15, -0.1) is 11.3 Å². The zero-order valence-electron chi connectivity index (χ0n) is 20.2. The van der Waals surface area contributed by atoms with Gasteiger partial charge < -0.3 is 4.74 Å². The smallest absolute Gasteiger partial charge is 0.355 e. The Morgan fingerprint density at radius 1 is 0.943 bits per heavy atom. The number of para-hydroxylation sites is 1. The molecule has 3 rings (SSSR count). The summed E-state index contributed by atoms with van der Waals surface area (Å²) in [7, 11) is 0. The number of hydrogen-bond acceptors (Lipinski definition) is 5. The maximum absolute atomic E-state index is 12.8. The molecule has 0 atom stereocenters. The summed E-state index contributed by atoms with van der Waals surface area (Å²) < 4.78 is 6.54. The molecule has 0 radical (unpaired) electrons. The Labute approximate surface area is 216 Å². The van der Waals surface area contributed by atoms with Gasteiger partial charge in [-0.3, -0.25) is 4.79 Å². The summed E-state index contributed by atoms with van der Waals surface area (Å²) in [6.45, 7) is 2.23. The molecular formula is C28H33ClN2O3S. The molecule has 1 heterocycles. The number of benzene rings is 2. The maximum atomic E-state index is 12.8. The molecule has 1 aromatic heterocycles. The SMILES string of the molecule is CCCCCCCCCCCC(=O)N/N=C\c1ccccc1OC(=O)c1sc2ccccc2c1Cl. The molecule has 5 nitrogen and oxygen atoms in total. The first-order valence-electron chi connectivity index (χ1n) is 12.4. The Morgan fingerprint density at radius 2 is 1.60 bits per heavy atom. The summed E-state index contributed by atoms with van der Waals surface area (Å²) in [6.07, 6.45) is 12.8. The Hall–Kier alpha value is -2.70. The molecule has 7 heteroatoms. The summed E-state index contributed by atoms with van der Waals surface area (Å²) in [5, 5.41) is 5.28. The topological polar surface area (TPSA) is 67.8 Å². The van der Waals surface area contributed by atoms with E-state index in [1.54, 1.807) is 18.2 Å². The van der Waals surface area contributed by atoms with Crippen LogP contribution in [0.1, 0.15) is 86.4 Å². The van der Waals surface area contributed by atoms with E-state index >= 15 is 0 Å². The predicted octanol–water partition coefficient (Wildman–Crippen LogP) is 8.14. The molecule has 3 aromatic rings. The van der Waals surface area contributed by atoms with Crippen LogP contribution < -0.4 is 10.2 Å². The monoisotopic (exact) mass is 512 g/mol. The van der Waals surface area contributed by atoms with Crippen molar-refractivity contribution in [3.8, 4) is 5.75 Å². The minimum atomic E-state index is -0.522. The fourth-order valence-corrected chi connectivity index (χ4v) is 5.18. The van der Waals surface area contributed by atoms with Gasteiger partial charge in [0.25, 0.3) is 0 Å². The average Bonchev–Trinajstić information content (AvgIpc) is 3.21. The minimum absolute atomic E-state index is 0.115. The van der Waals surface area contributed by atoms with Gasteiger partial charge in [0, 0.05) is 22.1 Å². The molecule has 0 aliphatic rings. The highest BCUT2D eigenvalue weighted by Crippen LogP contribution is 2.36. The zero-order chi connectivity index (χ0) is 24.9. The summed E-state index contributed by atoms with van der Waals surface area (Å²) >= 11 is 7.71. The van der Waals surface area contributed by atoms with E-state index in [0.717, 1.165) is 22.9 Å². The van der Waals surface area contributed by atoms with Crippen LogP contribution in [0.15, 0.2) is 53.6 Å². The standard InChI is InChI=1S/C28H33ClN2O3S/c1-2-3-4-5-6-7-8-9-10-19-25(32)31-30-20-21-15-11-13-17-23(21)34-28(33)27-26(29)22-16-12-14-18-24(22)35-27/h11-18,20H,2-10,19H2,1H3,(H,31,32)/b30-20-. The van der Waals surface area contributed by atoms with Crippen LogP contribution in [-0.2, 0) is 4.79 Å². The third-order valence-electron chi connectivity index (χ3n) is 5.74. The van der Waals surface area contributed by atoms with Crippen LogP contribution in [0, 0.1) is 0 Å². The number of fused-ring (bicyclic) bond motifs is 1. The Bertz CT molecular complexity index is 1140. The van der Waals surface area contributed by atoms with Gasteiger partial charge in [-0.25, -0.2) is 10.2 Å². The van der Waals surface area contributed by atoms with E-state index < -0.39 is 5.97 Å². The van der Waals surface area contributed by atoms with Gasteiger partial charge in [-0.05, 0) is 24.6 Å². The van der Waals surface area contributed by atoms with Gasteiger partial charge in [-0.1, -0.05) is 100 Å². The number of ether oxygens (including phenoxy) is 1. The highest BCUT2D eigenvalue weighted by Gasteiger charge is 2.19. The van der Waals surface area contributed by atoms with Crippen LogP contribution in [-0.4, -0.2) is 18.1 Å². The molecular weight excluding hydrogens is 480 g/mol. The van der Waals surface area contributed by atoms with Gasteiger partial charge in [0.2, 0.25) is 5.91 Å². The second-order valence-electron chi connectivity index (χ2n) is 8.54. The van der Waals surface area contributed by atoms with Crippen molar-refractivity contribution in [3.05, 3.63) is 64.0 Å². The van der Waals surface area contributed by atoms with Gasteiger partial charge in [0.1, 0.15) is 10.6 Å². The molecule has 1 N–H and O–H groups in total. The van der Waals surface area contributed by atoms with Crippen molar-refractivity contribution in [1.82, 2.24) is 5.43 Å².